The maximum Gasteiger partial charge on any atom is 0.242 e. The van der Waals surface area contributed by atoms with Crippen LogP contribution in [0.1, 0.15) is 19.4 Å². The highest BCUT2D eigenvalue weighted by Gasteiger charge is 2.25. The maximum absolute atomic E-state index is 12.9. The zero-order valence-corrected chi connectivity index (χ0v) is 17.6. The average Bonchev–Trinajstić information content (AvgIpc) is 2.65. The van der Waals surface area contributed by atoms with Gasteiger partial charge in [0.1, 0.15) is 6.04 Å². The van der Waals surface area contributed by atoms with Crippen molar-refractivity contribution in [2.24, 2.45) is 0 Å². The van der Waals surface area contributed by atoms with Crippen LogP contribution in [-0.2, 0) is 16.1 Å². The molecule has 0 aromatic heterocycles. The fraction of sp³-hybridized carbons (Fsp3) is 0.300. The van der Waals surface area contributed by atoms with Crippen LogP contribution in [0.5, 0.6) is 0 Å². The van der Waals surface area contributed by atoms with E-state index >= 15 is 0 Å². The molecule has 0 spiro atoms. The quantitative estimate of drug-likeness (QED) is 0.627. The first-order chi connectivity index (χ1) is 12.9. The minimum absolute atomic E-state index is 0.117. The molecular formula is C20H22Cl2N2O2S. The zero-order chi connectivity index (χ0) is 19.8. The number of thioether (sulfide) groups is 1. The second kappa shape index (κ2) is 10.6. The van der Waals surface area contributed by atoms with Crippen molar-refractivity contribution in [3.05, 3.63) is 64.1 Å². The zero-order valence-electron chi connectivity index (χ0n) is 15.2. The third kappa shape index (κ3) is 6.76. The molecule has 0 radical (unpaired) electrons. The first kappa shape index (κ1) is 21.6. The van der Waals surface area contributed by atoms with E-state index in [1.807, 2.05) is 31.2 Å². The van der Waals surface area contributed by atoms with Crippen LogP contribution in [0.3, 0.4) is 0 Å². The summed E-state index contributed by atoms with van der Waals surface area (Å²) in [5, 5.41) is 4.03. The Balaban J connectivity index is 2.12. The molecule has 2 aromatic rings. The number of amides is 2. The van der Waals surface area contributed by atoms with Crippen molar-refractivity contribution in [3.63, 3.8) is 0 Å². The lowest BCUT2D eigenvalue weighted by Gasteiger charge is -2.28. The molecule has 0 aliphatic heterocycles. The van der Waals surface area contributed by atoms with Gasteiger partial charge in [0.2, 0.25) is 11.8 Å². The highest BCUT2D eigenvalue weighted by atomic mass is 35.5. The summed E-state index contributed by atoms with van der Waals surface area (Å²) in [4.78, 5) is 27.7. The maximum atomic E-state index is 12.9. The number of halogens is 2. The van der Waals surface area contributed by atoms with Crippen LogP contribution in [-0.4, -0.2) is 35.1 Å². The van der Waals surface area contributed by atoms with Crippen molar-refractivity contribution in [2.75, 3.05) is 12.3 Å². The number of hydrogen-bond donors (Lipinski definition) is 1. The summed E-state index contributed by atoms with van der Waals surface area (Å²) in [6.07, 6.45) is 0. The molecule has 0 fully saturated rings. The third-order valence-corrected chi connectivity index (χ3v) is 5.42. The van der Waals surface area contributed by atoms with Gasteiger partial charge in [-0.3, -0.25) is 9.59 Å². The molecule has 27 heavy (non-hydrogen) atoms. The van der Waals surface area contributed by atoms with Gasteiger partial charge in [0.05, 0.1) is 5.75 Å². The predicted molar refractivity (Wildman–Crippen MR) is 112 cm³/mol. The lowest BCUT2D eigenvalue weighted by atomic mass is 10.1. The van der Waals surface area contributed by atoms with Gasteiger partial charge in [-0.15, -0.1) is 11.8 Å². The molecule has 1 N–H and O–H groups in total. The smallest absolute Gasteiger partial charge is 0.242 e. The Morgan fingerprint density at radius 2 is 1.81 bits per heavy atom. The van der Waals surface area contributed by atoms with Crippen molar-refractivity contribution < 1.29 is 9.59 Å². The van der Waals surface area contributed by atoms with Gasteiger partial charge in [0.15, 0.2) is 0 Å². The van der Waals surface area contributed by atoms with Crippen LogP contribution in [0.4, 0.5) is 0 Å². The Labute approximate surface area is 174 Å². The van der Waals surface area contributed by atoms with Crippen molar-refractivity contribution in [1.29, 1.82) is 0 Å². The minimum Gasteiger partial charge on any atom is -0.355 e. The van der Waals surface area contributed by atoms with Crippen molar-refractivity contribution >= 4 is 46.8 Å². The van der Waals surface area contributed by atoms with Crippen LogP contribution in [0, 0.1) is 0 Å². The number of hydrogen-bond acceptors (Lipinski definition) is 3. The van der Waals surface area contributed by atoms with E-state index in [2.05, 4.69) is 5.32 Å². The van der Waals surface area contributed by atoms with Gasteiger partial charge in [0.25, 0.3) is 0 Å². The number of likely N-dealkylation sites (N-methyl/N-ethyl adjacent to an activating group) is 1. The number of rotatable bonds is 8. The van der Waals surface area contributed by atoms with E-state index in [-0.39, 0.29) is 17.6 Å². The van der Waals surface area contributed by atoms with Gasteiger partial charge in [-0.1, -0.05) is 35.3 Å². The summed E-state index contributed by atoms with van der Waals surface area (Å²) < 4.78 is 0. The van der Waals surface area contributed by atoms with E-state index in [1.54, 1.807) is 36.1 Å². The van der Waals surface area contributed by atoms with Crippen LogP contribution < -0.4 is 5.32 Å². The number of carbonyl (C=O) groups is 2. The summed E-state index contributed by atoms with van der Waals surface area (Å²) in [6, 6.07) is 14.0. The van der Waals surface area contributed by atoms with Gasteiger partial charge < -0.3 is 10.2 Å². The van der Waals surface area contributed by atoms with E-state index in [0.29, 0.717) is 23.1 Å². The fourth-order valence-corrected chi connectivity index (χ4v) is 3.62. The van der Waals surface area contributed by atoms with Gasteiger partial charge in [-0.05, 0) is 55.8 Å². The molecule has 2 rings (SSSR count). The second-order valence-electron chi connectivity index (χ2n) is 5.96. The predicted octanol–water partition coefficient (Wildman–Crippen LogP) is 4.64. The SMILES string of the molecule is CCNC(=O)[C@@H](C)N(Cc1cccc(Cl)c1)C(=O)CSc1ccc(Cl)cc1. The molecule has 0 saturated heterocycles. The van der Waals surface area contributed by atoms with Gasteiger partial charge in [0, 0.05) is 28.0 Å². The number of nitrogens with one attached hydrogen (secondary N) is 1. The standard InChI is InChI=1S/C20H22Cl2N2O2S/c1-3-23-20(26)14(2)24(12-15-5-4-6-17(22)11-15)19(25)13-27-18-9-7-16(21)8-10-18/h4-11,14H,3,12-13H2,1-2H3,(H,23,26)/t14-/m1/s1. The normalized spacial score (nSPS) is 11.7. The topological polar surface area (TPSA) is 49.4 Å². The molecule has 0 aliphatic carbocycles. The lowest BCUT2D eigenvalue weighted by molar-refractivity contribution is -0.138. The molecule has 0 aliphatic rings. The van der Waals surface area contributed by atoms with Crippen molar-refractivity contribution in [3.8, 4) is 0 Å². The molecule has 1 atom stereocenters. The van der Waals surface area contributed by atoms with E-state index in [1.165, 1.54) is 11.8 Å². The van der Waals surface area contributed by atoms with E-state index in [4.69, 9.17) is 23.2 Å². The summed E-state index contributed by atoms with van der Waals surface area (Å²) in [5.41, 5.74) is 0.878. The molecule has 7 heteroatoms. The largest absolute Gasteiger partial charge is 0.355 e. The van der Waals surface area contributed by atoms with E-state index in [0.717, 1.165) is 10.5 Å². The van der Waals surface area contributed by atoms with Crippen LogP contribution >= 0.6 is 35.0 Å². The van der Waals surface area contributed by atoms with Crippen LogP contribution in [0.25, 0.3) is 0 Å². The number of benzene rings is 2. The minimum atomic E-state index is -0.581. The molecule has 2 amide bonds. The molecule has 4 nitrogen and oxygen atoms in total. The molecule has 0 saturated carbocycles. The van der Waals surface area contributed by atoms with Crippen molar-refractivity contribution in [1.82, 2.24) is 10.2 Å². The number of nitrogens with zero attached hydrogens (tertiary/aromatic N) is 1. The Bertz CT molecular complexity index is 784. The molecule has 0 bridgehead atoms. The van der Waals surface area contributed by atoms with Crippen LogP contribution in [0.2, 0.25) is 10.0 Å². The van der Waals surface area contributed by atoms with E-state index in [9.17, 15) is 9.59 Å². The first-order valence-electron chi connectivity index (χ1n) is 8.60. The lowest BCUT2D eigenvalue weighted by Crippen LogP contribution is -2.48. The Morgan fingerprint density at radius 1 is 1.11 bits per heavy atom. The number of carbonyl (C=O) groups excluding carboxylic acids is 2. The Kier molecular flexibility index (Phi) is 8.48. The summed E-state index contributed by atoms with van der Waals surface area (Å²) in [5.74, 6) is -0.0654. The van der Waals surface area contributed by atoms with E-state index < -0.39 is 6.04 Å². The van der Waals surface area contributed by atoms with Gasteiger partial charge >= 0.3 is 0 Å². The molecule has 2 aromatic carbocycles. The van der Waals surface area contributed by atoms with Crippen LogP contribution in [0.15, 0.2) is 53.4 Å². The summed E-state index contributed by atoms with van der Waals surface area (Å²) >= 11 is 13.4. The summed E-state index contributed by atoms with van der Waals surface area (Å²) in [7, 11) is 0. The van der Waals surface area contributed by atoms with Gasteiger partial charge in [-0.25, -0.2) is 0 Å². The first-order valence-corrected chi connectivity index (χ1v) is 10.3. The third-order valence-electron chi connectivity index (χ3n) is 3.94. The molecule has 0 unspecified atom stereocenters. The fourth-order valence-electron chi connectivity index (χ4n) is 2.50. The highest BCUT2D eigenvalue weighted by Crippen LogP contribution is 2.22. The second-order valence-corrected chi connectivity index (χ2v) is 7.89. The Hall–Kier alpha value is -1.69. The average molecular weight is 425 g/mol. The Morgan fingerprint density at radius 3 is 2.44 bits per heavy atom. The highest BCUT2D eigenvalue weighted by molar-refractivity contribution is 8.00. The van der Waals surface area contributed by atoms with Gasteiger partial charge in [-0.2, -0.15) is 0 Å². The molecular weight excluding hydrogens is 403 g/mol. The molecule has 144 valence electrons. The van der Waals surface area contributed by atoms with Crippen molar-refractivity contribution in [2.45, 2.75) is 31.3 Å². The molecule has 0 heterocycles. The monoisotopic (exact) mass is 424 g/mol. The summed E-state index contributed by atoms with van der Waals surface area (Å²) in [6.45, 7) is 4.42.